The number of hydrogen-bond donors (Lipinski definition) is 0. The molecule has 0 aliphatic carbocycles. The normalized spacial score (nSPS) is 16.4. The average Bonchev–Trinajstić information content (AvgIpc) is 3.25. The Balaban J connectivity index is 1.38. The second-order valence-electron chi connectivity index (χ2n) is 9.91. The first-order chi connectivity index (χ1) is 16.8. The largest absolute Gasteiger partial charge is 0.445 e. The Kier molecular flexibility index (Phi) is 7.58. The number of carbonyl (C=O) groups is 2. The van der Waals surface area contributed by atoms with Crippen molar-refractivity contribution in [3.63, 3.8) is 0 Å². The molecule has 0 spiro atoms. The van der Waals surface area contributed by atoms with Crippen molar-refractivity contribution < 1.29 is 19.1 Å². The zero-order chi connectivity index (χ0) is 24.8. The number of fused-ring (bicyclic) bond motifs is 1. The van der Waals surface area contributed by atoms with Crippen LogP contribution in [0.3, 0.4) is 0 Å². The van der Waals surface area contributed by atoms with Crippen molar-refractivity contribution in [1.29, 1.82) is 0 Å². The lowest BCUT2D eigenvalue weighted by Crippen LogP contribution is -2.57. The van der Waals surface area contributed by atoms with Gasteiger partial charge in [-0.2, -0.15) is 5.10 Å². The lowest BCUT2D eigenvalue weighted by molar-refractivity contribution is -0.00485. The van der Waals surface area contributed by atoms with Crippen LogP contribution >= 0.6 is 0 Å². The van der Waals surface area contributed by atoms with E-state index in [1.54, 1.807) is 9.80 Å². The zero-order valence-electron chi connectivity index (χ0n) is 20.7. The van der Waals surface area contributed by atoms with Gasteiger partial charge in [-0.3, -0.25) is 4.68 Å². The fourth-order valence-corrected chi connectivity index (χ4v) is 4.26. The van der Waals surface area contributed by atoms with Crippen molar-refractivity contribution in [1.82, 2.24) is 19.6 Å². The summed E-state index contributed by atoms with van der Waals surface area (Å²) in [6.07, 6.45) is 2.86. The predicted molar refractivity (Wildman–Crippen MR) is 134 cm³/mol. The second kappa shape index (κ2) is 10.8. The molecule has 35 heavy (non-hydrogen) atoms. The first kappa shape index (κ1) is 24.6. The summed E-state index contributed by atoms with van der Waals surface area (Å²) in [5.41, 5.74) is 1.33. The number of piperazine rings is 1. The number of nitrogens with zero attached hydrogens (tertiary/aromatic N) is 4. The average molecular weight is 479 g/mol. The van der Waals surface area contributed by atoms with Gasteiger partial charge in [0.25, 0.3) is 0 Å². The summed E-state index contributed by atoms with van der Waals surface area (Å²) in [7, 11) is 0. The molecule has 0 saturated carbocycles. The van der Waals surface area contributed by atoms with E-state index in [2.05, 4.69) is 5.10 Å². The highest BCUT2D eigenvalue weighted by molar-refractivity contribution is 5.77. The molecule has 186 valence electrons. The lowest BCUT2D eigenvalue weighted by Gasteiger charge is -2.41. The smallest absolute Gasteiger partial charge is 0.410 e. The zero-order valence-corrected chi connectivity index (χ0v) is 20.7. The molecule has 0 unspecified atom stereocenters. The summed E-state index contributed by atoms with van der Waals surface area (Å²) in [6, 6.07) is 17.5. The van der Waals surface area contributed by atoms with Crippen molar-refractivity contribution in [2.75, 3.05) is 19.6 Å². The van der Waals surface area contributed by atoms with E-state index in [0.717, 1.165) is 35.9 Å². The summed E-state index contributed by atoms with van der Waals surface area (Å²) < 4.78 is 13.1. The maximum atomic E-state index is 12.9. The summed E-state index contributed by atoms with van der Waals surface area (Å²) in [5.74, 6) is 0. The Bertz CT molecular complexity index is 1110. The van der Waals surface area contributed by atoms with E-state index in [-0.39, 0.29) is 24.8 Å². The van der Waals surface area contributed by atoms with Crippen LogP contribution < -0.4 is 0 Å². The van der Waals surface area contributed by atoms with Crippen LogP contribution in [0.15, 0.2) is 60.8 Å². The molecule has 1 aliphatic heterocycles. The topological polar surface area (TPSA) is 76.9 Å². The molecule has 8 nitrogen and oxygen atoms in total. The quantitative estimate of drug-likeness (QED) is 0.494. The third-order valence-corrected chi connectivity index (χ3v) is 5.96. The van der Waals surface area contributed by atoms with Crippen molar-refractivity contribution >= 4 is 23.1 Å². The molecule has 1 aromatic heterocycles. The number of ether oxygens (including phenoxy) is 2. The molecule has 1 aliphatic rings. The Morgan fingerprint density at radius 1 is 1.00 bits per heavy atom. The van der Waals surface area contributed by atoms with E-state index in [1.165, 1.54) is 0 Å². The minimum absolute atomic E-state index is 0.159. The van der Waals surface area contributed by atoms with Gasteiger partial charge in [-0.25, -0.2) is 9.59 Å². The molecule has 2 aromatic carbocycles. The van der Waals surface area contributed by atoms with E-state index < -0.39 is 5.60 Å². The molecular formula is C27H34N4O4. The monoisotopic (exact) mass is 478 g/mol. The molecule has 2 heterocycles. The number of benzene rings is 2. The van der Waals surface area contributed by atoms with Crippen LogP contribution in [0.4, 0.5) is 9.59 Å². The Morgan fingerprint density at radius 3 is 2.49 bits per heavy atom. The molecule has 8 heteroatoms. The maximum absolute atomic E-state index is 12.9. The van der Waals surface area contributed by atoms with Crippen LogP contribution in [-0.4, -0.2) is 63.0 Å². The van der Waals surface area contributed by atoms with Gasteiger partial charge in [0.2, 0.25) is 0 Å². The lowest BCUT2D eigenvalue weighted by atomic mass is 10.1. The van der Waals surface area contributed by atoms with Gasteiger partial charge >= 0.3 is 12.2 Å². The van der Waals surface area contributed by atoms with Crippen molar-refractivity contribution in [3.05, 3.63) is 66.4 Å². The SMILES string of the molecule is CC(C)(C)OC(=O)N1CCN(C(=O)OCc2ccccc2)C[C@H]1CCCn1cc2ccccc2n1. The molecule has 4 rings (SSSR count). The number of rotatable bonds is 6. The molecule has 2 amide bonds. The van der Waals surface area contributed by atoms with Gasteiger partial charge in [0.15, 0.2) is 0 Å². The Labute approximate surface area is 206 Å². The minimum atomic E-state index is -0.581. The molecule has 0 N–H and O–H groups in total. The number of hydrogen-bond acceptors (Lipinski definition) is 5. The Morgan fingerprint density at radius 2 is 1.74 bits per heavy atom. The van der Waals surface area contributed by atoms with Gasteiger partial charge in [-0.05, 0) is 45.2 Å². The van der Waals surface area contributed by atoms with Gasteiger partial charge in [0, 0.05) is 37.8 Å². The molecule has 3 aromatic rings. The van der Waals surface area contributed by atoms with E-state index in [0.29, 0.717) is 19.6 Å². The number of aromatic nitrogens is 2. The van der Waals surface area contributed by atoms with E-state index in [1.807, 2.05) is 86.2 Å². The van der Waals surface area contributed by atoms with Crippen molar-refractivity contribution in [3.8, 4) is 0 Å². The van der Waals surface area contributed by atoms with Crippen LogP contribution in [0.5, 0.6) is 0 Å². The number of amides is 2. The Hall–Kier alpha value is -3.55. The van der Waals surface area contributed by atoms with Gasteiger partial charge in [-0.15, -0.1) is 0 Å². The third-order valence-electron chi connectivity index (χ3n) is 5.96. The molecule has 0 bridgehead atoms. The van der Waals surface area contributed by atoms with Crippen molar-refractivity contribution in [2.45, 2.75) is 58.4 Å². The van der Waals surface area contributed by atoms with E-state index in [9.17, 15) is 9.59 Å². The molecule has 0 radical (unpaired) electrons. The fraction of sp³-hybridized carbons (Fsp3) is 0.444. The minimum Gasteiger partial charge on any atom is -0.445 e. The highest BCUT2D eigenvalue weighted by atomic mass is 16.6. The summed E-state index contributed by atoms with van der Waals surface area (Å²) >= 11 is 0. The predicted octanol–water partition coefficient (Wildman–Crippen LogP) is 5.07. The van der Waals surface area contributed by atoms with Gasteiger partial charge in [0.05, 0.1) is 11.6 Å². The van der Waals surface area contributed by atoms with Gasteiger partial charge < -0.3 is 19.3 Å². The molecule has 1 atom stereocenters. The fourth-order valence-electron chi connectivity index (χ4n) is 4.26. The highest BCUT2D eigenvalue weighted by Gasteiger charge is 2.35. The van der Waals surface area contributed by atoms with Crippen molar-refractivity contribution in [2.24, 2.45) is 0 Å². The van der Waals surface area contributed by atoms with E-state index in [4.69, 9.17) is 9.47 Å². The van der Waals surface area contributed by atoms with Crippen LogP contribution in [0.25, 0.3) is 10.9 Å². The van der Waals surface area contributed by atoms with Crippen LogP contribution in [0, 0.1) is 0 Å². The van der Waals surface area contributed by atoms with E-state index >= 15 is 0 Å². The van der Waals surface area contributed by atoms with Crippen LogP contribution in [-0.2, 0) is 22.6 Å². The standard InChI is InChI=1S/C27H34N4O4/c1-27(2,3)35-26(33)31-17-16-29(25(32)34-20-21-10-5-4-6-11-21)19-23(31)13-9-15-30-18-22-12-7-8-14-24(22)28-30/h4-8,10-12,14,18,23H,9,13,15-17,19-20H2,1-3H3/t23-/m1/s1. The van der Waals surface area contributed by atoms with Gasteiger partial charge in [0.1, 0.15) is 12.2 Å². The maximum Gasteiger partial charge on any atom is 0.410 e. The molecular weight excluding hydrogens is 444 g/mol. The number of carbonyl (C=O) groups excluding carboxylic acids is 2. The summed E-state index contributed by atoms with van der Waals surface area (Å²) in [5, 5.41) is 5.73. The second-order valence-corrected chi connectivity index (χ2v) is 9.91. The summed E-state index contributed by atoms with van der Waals surface area (Å²) in [6.45, 7) is 7.77. The molecule has 1 saturated heterocycles. The first-order valence-corrected chi connectivity index (χ1v) is 12.2. The van der Waals surface area contributed by atoms with Gasteiger partial charge in [-0.1, -0.05) is 48.5 Å². The van der Waals surface area contributed by atoms with Crippen LogP contribution in [0.2, 0.25) is 0 Å². The number of aryl methyl sites for hydroxylation is 1. The van der Waals surface area contributed by atoms with Crippen LogP contribution in [0.1, 0.15) is 39.2 Å². The third kappa shape index (κ3) is 6.74. The highest BCUT2D eigenvalue weighted by Crippen LogP contribution is 2.21. The molecule has 1 fully saturated rings. The first-order valence-electron chi connectivity index (χ1n) is 12.2. The summed E-state index contributed by atoms with van der Waals surface area (Å²) in [4.78, 5) is 29.1.